The normalized spacial score (nSPS) is 17.5. The van der Waals surface area contributed by atoms with Crippen molar-refractivity contribution in [2.45, 2.75) is 13.3 Å². The Labute approximate surface area is 130 Å². The van der Waals surface area contributed by atoms with Crippen LogP contribution in [0.25, 0.3) is 6.08 Å². The first kappa shape index (κ1) is 14.6. The van der Waals surface area contributed by atoms with Crippen molar-refractivity contribution in [1.29, 1.82) is 0 Å². The molecule has 5 nitrogen and oxygen atoms in total. The van der Waals surface area contributed by atoms with Crippen molar-refractivity contribution in [1.82, 2.24) is 9.80 Å². The highest BCUT2D eigenvalue weighted by atomic mass is 16.5. The minimum atomic E-state index is -0.0000458. The summed E-state index contributed by atoms with van der Waals surface area (Å²) in [4.78, 5) is 27.0. The van der Waals surface area contributed by atoms with Gasteiger partial charge in [-0.15, -0.1) is 0 Å². The Hall–Kier alpha value is -2.30. The van der Waals surface area contributed by atoms with Crippen molar-refractivity contribution in [2.24, 2.45) is 0 Å². The predicted octanol–water partition coefficient (Wildman–Crippen LogP) is 1.33. The maximum atomic E-state index is 12.2. The van der Waals surface area contributed by atoms with Crippen LogP contribution >= 0.6 is 0 Å². The molecule has 0 unspecified atom stereocenters. The fraction of sp³-hybridized carbons (Fsp3) is 0.412. The minimum absolute atomic E-state index is 0.0000458. The van der Waals surface area contributed by atoms with Crippen LogP contribution in [-0.4, -0.2) is 54.4 Å². The lowest BCUT2D eigenvalue weighted by atomic mass is 10.1. The standard InChI is InChI=1S/C17H20N2O3/c1-13(20)18-7-9-19(10-8-18)17(21)5-3-14-2-4-16-15(12-14)6-11-22-16/h2-5,12H,6-11H2,1H3. The third-order valence-corrected chi connectivity index (χ3v) is 4.17. The molecule has 0 aliphatic carbocycles. The summed E-state index contributed by atoms with van der Waals surface area (Å²) < 4.78 is 5.47. The van der Waals surface area contributed by atoms with E-state index in [-0.39, 0.29) is 11.8 Å². The summed E-state index contributed by atoms with van der Waals surface area (Å²) >= 11 is 0. The molecule has 0 spiro atoms. The van der Waals surface area contributed by atoms with E-state index in [2.05, 4.69) is 6.07 Å². The van der Waals surface area contributed by atoms with Gasteiger partial charge in [-0.05, 0) is 29.3 Å². The number of carbonyl (C=O) groups is 2. The summed E-state index contributed by atoms with van der Waals surface area (Å²) in [6, 6.07) is 5.99. The SMILES string of the molecule is CC(=O)N1CCN(C(=O)C=Cc2ccc3c(c2)CCO3)CC1. The van der Waals surface area contributed by atoms with Gasteiger partial charge in [0, 0.05) is 45.6 Å². The molecule has 116 valence electrons. The van der Waals surface area contributed by atoms with Gasteiger partial charge in [0.1, 0.15) is 5.75 Å². The monoisotopic (exact) mass is 300 g/mol. The van der Waals surface area contributed by atoms with Crippen molar-refractivity contribution < 1.29 is 14.3 Å². The number of nitrogens with zero attached hydrogens (tertiary/aromatic N) is 2. The molecule has 0 radical (unpaired) electrons. The van der Waals surface area contributed by atoms with Crippen LogP contribution in [0.2, 0.25) is 0 Å². The minimum Gasteiger partial charge on any atom is -0.493 e. The number of carbonyl (C=O) groups excluding carboxylic acids is 2. The Morgan fingerprint density at radius 1 is 1.14 bits per heavy atom. The lowest BCUT2D eigenvalue weighted by molar-refractivity contribution is -0.135. The summed E-state index contributed by atoms with van der Waals surface area (Å²) in [7, 11) is 0. The van der Waals surface area contributed by atoms with Gasteiger partial charge in [0.05, 0.1) is 6.61 Å². The molecule has 5 heteroatoms. The van der Waals surface area contributed by atoms with Crippen LogP contribution in [0.3, 0.4) is 0 Å². The Kier molecular flexibility index (Phi) is 4.13. The molecule has 1 fully saturated rings. The summed E-state index contributed by atoms with van der Waals surface area (Å²) in [5, 5.41) is 0. The summed E-state index contributed by atoms with van der Waals surface area (Å²) in [6.07, 6.45) is 4.39. The van der Waals surface area contributed by atoms with Crippen LogP contribution in [0.1, 0.15) is 18.1 Å². The van der Waals surface area contributed by atoms with Gasteiger partial charge in [-0.25, -0.2) is 0 Å². The highest BCUT2D eigenvalue weighted by molar-refractivity contribution is 5.92. The van der Waals surface area contributed by atoms with E-state index in [0.29, 0.717) is 26.2 Å². The predicted molar refractivity (Wildman–Crippen MR) is 83.5 cm³/mol. The molecule has 1 aromatic rings. The zero-order chi connectivity index (χ0) is 15.5. The van der Waals surface area contributed by atoms with Crippen LogP contribution in [0, 0.1) is 0 Å². The topological polar surface area (TPSA) is 49.9 Å². The molecule has 2 aliphatic heterocycles. The zero-order valence-electron chi connectivity index (χ0n) is 12.7. The van der Waals surface area contributed by atoms with E-state index >= 15 is 0 Å². The lowest BCUT2D eigenvalue weighted by Crippen LogP contribution is -2.49. The first-order valence-corrected chi connectivity index (χ1v) is 7.62. The summed E-state index contributed by atoms with van der Waals surface area (Å²) in [5.41, 5.74) is 2.21. The van der Waals surface area contributed by atoms with Gasteiger partial charge in [-0.2, -0.15) is 0 Å². The van der Waals surface area contributed by atoms with Gasteiger partial charge in [-0.3, -0.25) is 9.59 Å². The van der Waals surface area contributed by atoms with Gasteiger partial charge in [0.25, 0.3) is 0 Å². The molecule has 0 saturated carbocycles. The maximum Gasteiger partial charge on any atom is 0.246 e. The van der Waals surface area contributed by atoms with E-state index in [1.807, 2.05) is 18.2 Å². The Balaban J connectivity index is 1.59. The average molecular weight is 300 g/mol. The van der Waals surface area contributed by atoms with Crippen molar-refractivity contribution in [2.75, 3.05) is 32.8 Å². The summed E-state index contributed by atoms with van der Waals surface area (Å²) in [5.74, 6) is 1.02. The average Bonchev–Trinajstić information content (AvgIpc) is 3.00. The van der Waals surface area contributed by atoms with E-state index < -0.39 is 0 Å². The number of hydrogen-bond acceptors (Lipinski definition) is 3. The molecule has 1 saturated heterocycles. The molecule has 1 aromatic carbocycles. The molecule has 22 heavy (non-hydrogen) atoms. The largest absolute Gasteiger partial charge is 0.493 e. The van der Waals surface area contributed by atoms with Crippen molar-refractivity contribution in [3.05, 3.63) is 35.4 Å². The first-order chi connectivity index (χ1) is 10.6. The quantitative estimate of drug-likeness (QED) is 0.774. The fourth-order valence-electron chi connectivity index (χ4n) is 2.82. The van der Waals surface area contributed by atoms with E-state index in [0.717, 1.165) is 24.3 Å². The Morgan fingerprint density at radius 3 is 2.59 bits per heavy atom. The number of fused-ring (bicyclic) bond motifs is 1. The van der Waals surface area contributed by atoms with Crippen molar-refractivity contribution in [3.8, 4) is 5.75 Å². The Morgan fingerprint density at radius 2 is 1.86 bits per heavy atom. The molecule has 0 aromatic heterocycles. The van der Waals surface area contributed by atoms with E-state index in [9.17, 15) is 9.59 Å². The van der Waals surface area contributed by atoms with E-state index in [1.165, 1.54) is 5.56 Å². The molecule has 3 rings (SSSR count). The number of hydrogen-bond donors (Lipinski definition) is 0. The number of ether oxygens (including phenoxy) is 1. The third-order valence-electron chi connectivity index (χ3n) is 4.17. The molecular weight excluding hydrogens is 280 g/mol. The maximum absolute atomic E-state index is 12.2. The Bertz CT molecular complexity index is 616. The lowest BCUT2D eigenvalue weighted by Gasteiger charge is -2.33. The smallest absolute Gasteiger partial charge is 0.246 e. The zero-order valence-corrected chi connectivity index (χ0v) is 12.7. The van der Waals surface area contributed by atoms with Crippen LogP contribution in [0.15, 0.2) is 24.3 Å². The molecular formula is C17H20N2O3. The second kappa shape index (κ2) is 6.22. The van der Waals surface area contributed by atoms with Gasteiger partial charge in [-0.1, -0.05) is 6.07 Å². The van der Waals surface area contributed by atoms with Crippen LogP contribution in [0.5, 0.6) is 5.75 Å². The highest BCUT2D eigenvalue weighted by Gasteiger charge is 2.20. The summed E-state index contributed by atoms with van der Waals surface area (Å²) in [6.45, 7) is 4.73. The van der Waals surface area contributed by atoms with Crippen LogP contribution in [-0.2, 0) is 16.0 Å². The fourth-order valence-corrected chi connectivity index (χ4v) is 2.82. The van der Waals surface area contributed by atoms with Crippen molar-refractivity contribution >= 4 is 17.9 Å². The molecule has 0 atom stereocenters. The molecule has 0 N–H and O–H groups in total. The molecule has 2 heterocycles. The van der Waals surface area contributed by atoms with E-state index in [1.54, 1.807) is 22.8 Å². The van der Waals surface area contributed by atoms with Gasteiger partial charge in [0.2, 0.25) is 11.8 Å². The second-order valence-corrected chi connectivity index (χ2v) is 5.63. The molecule has 0 bridgehead atoms. The molecule has 2 aliphatic rings. The highest BCUT2D eigenvalue weighted by Crippen LogP contribution is 2.26. The molecule has 2 amide bonds. The van der Waals surface area contributed by atoms with E-state index in [4.69, 9.17) is 4.74 Å². The van der Waals surface area contributed by atoms with Crippen LogP contribution in [0.4, 0.5) is 0 Å². The third kappa shape index (κ3) is 3.13. The number of benzene rings is 1. The van der Waals surface area contributed by atoms with Crippen LogP contribution < -0.4 is 4.74 Å². The second-order valence-electron chi connectivity index (χ2n) is 5.63. The van der Waals surface area contributed by atoms with Gasteiger partial charge < -0.3 is 14.5 Å². The number of rotatable bonds is 2. The first-order valence-electron chi connectivity index (χ1n) is 7.62. The number of amides is 2. The van der Waals surface area contributed by atoms with Gasteiger partial charge >= 0.3 is 0 Å². The number of piperazine rings is 1. The van der Waals surface area contributed by atoms with Crippen molar-refractivity contribution in [3.63, 3.8) is 0 Å². The van der Waals surface area contributed by atoms with Gasteiger partial charge in [0.15, 0.2) is 0 Å².